The Hall–Kier alpha value is 0.590. The highest BCUT2D eigenvalue weighted by atomic mass is 32.2. The molecule has 0 aliphatic heterocycles. The van der Waals surface area contributed by atoms with Crippen molar-refractivity contribution in [3.8, 4) is 0 Å². The summed E-state index contributed by atoms with van der Waals surface area (Å²) in [7, 11) is 0. The van der Waals surface area contributed by atoms with Gasteiger partial charge in [-0.3, -0.25) is 0 Å². The van der Waals surface area contributed by atoms with Crippen LogP contribution in [0.5, 0.6) is 0 Å². The van der Waals surface area contributed by atoms with Crippen LogP contribution in [0.1, 0.15) is 33.6 Å². The van der Waals surface area contributed by atoms with E-state index in [1.54, 1.807) is 11.8 Å². The van der Waals surface area contributed by atoms with Crippen molar-refractivity contribution in [3.05, 3.63) is 0 Å². The molecule has 84 valence electrons. The van der Waals surface area contributed by atoms with Gasteiger partial charge in [0.15, 0.2) is 0 Å². The summed E-state index contributed by atoms with van der Waals surface area (Å²) in [6.07, 6.45) is 4.52. The van der Waals surface area contributed by atoms with Gasteiger partial charge >= 0.3 is 0 Å². The fraction of sp³-hybridized carbons (Fsp3) is 0.900. The molecule has 0 spiro atoms. The number of hydrogen-bond acceptors (Lipinski definition) is 3. The summed E-state index contributed by atoms with van der Waals surface area (Å²) in [4.78, 5) is 2.34. The van der Waals surface area contributed by atoms with Gasteiger partial charge in [-0.25, -0.2) is 0 Å². The van der Waals surface area contributed by atoms with E-state index in [2.05, 4.69) is 31.9 Å². The van der Waals surface area contributed by atoms with Crippen LogP contribution in [0, 0.1) is 0 Å². The molecule has 0 aromatic carbocycles. The van der Waals surface area contributed by atoms with Crippen molar-refractivity contribution in [1.82, 2.24) is 4.90 Å². The van der Waals surface area contributed by atoms with Crippen molar-refractivity contribution in [3.63, 3.8) is 0 Å². The Balaban J connectivity index is 4.31. The van der Waals surface area contributed by atoms with Gasteiger partial charge in [-0.05, 0) is 25.4 Å². The molecule has 1 atom stereocenters. The number of rotatable bonds is 6. The molecule has 0 N–H and O–H groups in total. The van der Waals surface area contributed by atoms with Crippen LogP contribution in [-0.4, -0.2) is 33.1 Å². The van der Waals surface area contributed by atoms with Gasteiger partial charge in [0.2, 0.25) is 0 Å². The second-order valence-corrected chi connectivity index (χ2v) is 5.85. The van der Waals surface area contributed by atoms with E-state index in [4.69, 9.17) is 12.2 Å². The van der Waals surface area contributed by atoms with E-state index >= 15 is 0 Å². The SMILES string of the molecule is CCCC(SCC)N(CC)C(=S)SC. The van der Waals surface area contributed by atoms with Crippen molar-refractivity contribution < 1.29 is 0 Å². The third-order valence-corrected chi connectivity index (χ3v) is 4.52. The molecule has 4 heteroatoms. The molecule has 0 heterocycles. The second-order valence-electron chi connectivity index (χ2n) is 2.95. The molecule has 0 rings (SSSR count). The Bertz CT molecular complexity index is 155. The van der Waals surface area contributed by atoms with Gasteiger partial charge in [-0.15, -0.1) is 23.5 Å². The highest BCUT2D eigenvalue weighted by Crippen LogP contribution is 2.23. The molecule has 0 aromatic heterocycles. The maximum absolute atomic E-state index is 5.36. The summed E-state index contributed by atoms with van der Waals surface area (Å²) in [6.45, 7) is 7.65. The Kier molecular flexibility index (Phi) is 9.24. The Morgan fingerprint density at radius 3 is 2.36 bits per heavy atom. The maximum atomic E-state index is 5.36. The zero-order valence-electron chi connectivity index (χ0n) is 9.58. The lowest BCUT2D eigenvalue weighted by atomic mass is 10.3. The van der Waals surface area contributed by atoms with Gasteiger partial charge < -0.3 is 4.90 Å². The lowest BCUT2D eigenvalue weighted by Gasteiger charge is -2.31. The van der Waals surface area contributed by atoms with Crippen LogP contribution in [0.3, 0.4) is 0 Å². The topological polar surface area (TPSA) is 3.24 Å². The molecule has 1 unspecified atom stereocenters. The van der Waals surface area contributed by atoms with Crippen molar-refractivity contribution in [2.24, 2.45) is 0 Å². The fourth-order valence-electron chi connectivity index (χ4n) is 1.34. The van der Waals surface area contributed by atoms with Gasteiger partial charge in [-0.2, -0.15) is 0 Å². The largest absolute Gasteiger partial charge is 0.346 e. The summed E-state index contributed by atoms with van der Waals surface area (Å²) in [5.41, 5.74) is 0. The first-order valence-electron chi connectivity index (χ1n) is 5.17. The molecule has 0 aliphatic carbocycles. The molecule has 0 aromatic rings. The number of nitrogens with zero attached hydrogens (tertiary/aromatic N) is 1. The van der Waals surface area contributed by atoms with E-state index in [9.17, 15) is 0 Å². The van der Waals surface area contributed by atoms with Crippen molar-refractivity contribution in [2.75, 3.05) is 18.6 Å². The summed E-state index contributed by atoms with van der Waals surface area (Å²) in [5, 5.41) is 0.579. The van der Waals surface area contributed by atoms with Gasteiger partial charge in [0, 0.05) is 6.54 Å². The molecule has 0 saturated heterocycles. The van der Waals surface area contributed by atoms with Crippen LogP contribution in [0.2, 0.25) is 0 Å². The molecule has 0 amide bonds. The third-order valence-electron chi connectivity index (χ3n) is 1.99. The highest BCUT2D eigenvalue weighted by molar-refractivity contribution is 8.22. The quantitative estimate of drug-likeness (QED) is 0.521. The zero-order chi connectivity index (χ0) is 11.0. The van der Waals surface area contributed by atoms with Crippen LogP contribution in [0.15, 0.2) is 0 Å². The Morgan fingerprint density at radius 2 is 2.00 bits per heavy atom. The van der Waals surface area contributed by atoms with E-state index in [1.807, 2.05) is 11.8 Å². The first-order valence-corrected chi connectivity index (χ1v) is 7.85. The molecule has 0 radical (unpaired) electrons. The monoisotopic (exact) mass is 251 g/mol. The van der Waals surface area contributed by atoms with Crippen molar-refractivity contribution in [1.29, 1.82) is 0 Å². The maximum Gasteiger partial charge on any atom is 0.136 e. The average Bonchev–Trinajstić information content (AvgIpc) is 2.19. The molecule has 0 aliphatic rings. The first-order chi connectivity index (χ1) is 6.71. The summed E-state index contributed by atoms with van der Waals surface area (Å²) in [6, 6.07) is 0. The minimum absolute atomic E-state index is 0.579. The molecule has 0 saturated carbocycles. The van der Waals surface area contributed by atoms with E-state index in [0.717, 1.165) is 16.6 Å². The van der Waals surface area contributed by atoms with Gasteiger partial charge in [-0.1, -0.05) is 32.5 Å². The standard InChI is InChI=1S/C10H21NS3/c1-5-8-9(14-7-3)11(6-2)10(12)13-4/h9H,5-8H2,1-4H3. The zero-order valence-corrected chi connectivity index (χ0v) is 12.0. The third kappa shape index (κ3) is 4.89. The van der Waals surface area contributed by atoms with Crippen LogP contribution in [0.25, 0.3) is 0 Å². The van der Waals surface area contributed by atoms with Gasteiger partial charge in [0.1, 0.15) is 4.32 Å². The molecule has 1 nitrogen and oxygen atoms in total. The minimum Gasteiger partial charge on any atom is -0.346 e. The van der Waals surface area contributed by atoms with Crippen molar-refractivity contribution >= 4 is 40.1 Å². The van der Waals surface area contributed by atoms with E-state index in [0.29, 0.717) is 5.37 Å². The van der Waals surface area contributed by atoms with Gasteiger partial charge in [0.05, 0.1) is 5.37 Å². The molecule has 0 fully saturated rings. The molecule has 14 heavy (non-hydrogen) atoms. The molecular weight excluding hydrogens is 230 g/mol. The fourth-order valence-corrected chi connectivity index (χ4v) is 3.44. The summed E-state index contributed by atoms with van der Waals surface area (Å²) >= 11 is 9.04. The summed E-state index contributed by atoms with van der Waals surface area (Å²) < 4.78 is 1.03. The first kappa shape index (κ1) is 14.6. The smallest absolute Gasteiger partial charge is 0.136 e. The molecular formula is C10H21NS3. The highest BCUT2D eigenvalue weighted by Gasteiger charge is 2.17. The van der Waals surface area contributed by atoms with E-state index < -0.39 is 0 Å². The number of thioether (sulfide) groups is 2. The minimum atomic E-state index is 0.579. The lowest BCUT2D eigenvalue weighted by molar-refractivity contribution is 0.408. The Morgan fingerprint density at radius 1 is 1.36 bits per heavy atom. The van der Waals surface area contributed by atoms with E-state index in [-0.39, 0.29) is 0 Å². The number of hydrogen-bond donors (Lipinski definition) is 0. The predicted molar refractivity (Wildman–Crippen MR) is 75.3 cm³/mol. The lowest BCUT2D eigenvalue weighted by Crippen LogP contribution is -2.35. The van der Waals surface area contributed by atoms with E-state index in [1.165, 1.54) is 12.8 Å². The summed E-state index contributed by atoms with van der Waals surface area (Å²) in [5.74, 6) is 1.16. The van der Waals surface area contributed by atoms with Crippen molar-refractivity contribution in [2.45, 2.75) is 39.0 Å². The van der Waals surface area contributed by atoms with Crippen LogP contribution in [-0.2, 0) is 0 Å². The molecule has 0 bridgehead atoms. The van der Waals surface area contributed by atoms with Gasteiger partial charge in [0.25, 0.3) is 0 Å². The predicted octanol–water partition coefficient (Wildman–Crippen LogP) is 3.84. The van der Waals surface area contributed by atoms with Crippen LogP contribution in [0.4, 0.5) is 0 Å². The number of thiocarbonyl (C=S) groups is 1. The van der Waals surface area contributed by atoms with Crippen LogP contribution < -0.4 is 0 Å². The normalized spacial score (nSPS) is 12.6. The average molecular weight is 251 g/mol. The second kappa shape index (κ2) is 8.86. The Labute approximate surface area is 102 Å². The van der Waals surface area contributed by atoms with Crippen LogP contribution >= 0.6 is 35.7 Å².